The third-order valence-corrected chi connectivity index (χ3v) is 6.85. The van der Waals surface area contributed by atoms with Crippen LogP contribution in [-0.4, -0.2) is 46.2 Å². The molecule has 2 heterocycles. The number of halogens is 4. The number of alkyl halides is 2. The van der Waals surface area contributed by atoms with E-state index in [4.69, 9.17) is 0 Å². The predicted molar refractivity (Wildman–Crippen MR) is 182 cm³/mol. The smallest absolute Gasteiger partial charge is 0.265 e. The molecule has 2 aromatic heterocycles. The van der Waals surface area contributed by atoms with Crippen molar-refractivity contribution >= 4 is 34.8 Å². The Morgan fingerprint density at radius 2 is 1.68 bits per heavy atom. The summed E-state index contributed by atoms with van der Waals surface area (Å²) in [6.45, 7) is 13.4. The molecule has 47 heavy (non-hydrogen) atoms. The molecule has 1 amide bonds. The number of aromatic nitrogens is 3. The Bertz CT molecular complexity index is 1770. The van der Waals surface area contributed by atoms with Crippen molar-refractivity contribution in [1.82, 2.24) is 19.4 Å². The van der Waals surface area contributed by atoms with Gasteiger partial charge in [0.05, 0.1) is 22.3 Å². The van der Waals surface area contributed by atoms with Gasteiger partial charge in [0.1, 0.15) is 11.6 Å². The fraction of sp³-hybridized carbons (Fsp3) is 0.343. The number of nitrogens with one attached hydrogen (secondary N) is 1. The second-order valence-corrected chi connectivity index (χ2v) is 11.1. The molecule has 0 aliphatic heterocycles. The van der Waals surface area contributed by atoms with Gasteiger partial charge in [0.2, 0.25) is 6.41 Å². The summed E-state index contributed by atoms with van der Waals surface area (Å²) in [5, 5.41) is 3.43. The number of carbonyl (C=O) groups is 1. The lowest BCUT2D eigenvalue weighted by atomic mass is 9.88. The molecule has 4 rings (SSSR count). The molecule has 0 fully saturated rings. The second-order valence-electron chi connectivity index (χ2n) is 11.1. The van der Waals surface area contributed by atoms with E-state index in [1.807, 2.05) is 6.21 Å². The van der Waals surface area contributed by atoms with Crippen molar-refractivity contribution in [2.24, 2.45) is 12.0 Å². The van der Waals surface area contributed by atoms with Crippen molar-refractivity contribution < 1.29 is 22.4 Å². The Labute approximate surface area is 272 Å². The van der Waals surface area contributed by atoms with E-state index in [1.165, 1.54) is 54.5 Å². The van der Waals surface area contributed by atoms with Gasteiger partial charge in [-0.3, -0.25) is 9.59 Å². The third kappa shape index (κ3) is 9.57. The highest BCUT2D eigenvalue weighted by atomic mass is 19.3. The molecule has 0 saturated heterocycles. The molecule has 8 nitrogen and oxygen atoms in total. The molecule has 0 radical (unpaired) electrons. The van der Waals surface area contributed by atoms with Gasteiger partial charge < -0.3 is 19.8 Å². The van der Waals surface area contributed by atoms with E-state index in [0.717, 1.165) is 24.6 Å². The average molecular weight is 655 g/mol. The fourth-order valence-electron chi connectivity index (χ4n) is 4.51. The van der Waals surface area contributed by atoms with Crippen LogP contribution in [0, 0.1) is 11.6 Å². The largest absolute Gasteiger partial charge is 0.376 e. The summed E-state index contributed by atoms with van der Waals surface area (Å²) in [5.41, 5.74) is -0.778. The SMILES string of the molecule is C=C(c1ncc(-c2cc3c(C(C)(C)Nc4ccc(F)cc4C(F)F)cc(F)cc3c(=O)n2C)cn1)N(C)C=O.CCC.CCC=NC. The number of carbonyl (C=O) groups excluding carboxylic acids is 1. The van der Waals surface area contributed by atoms with Gasteiger partial charge in [0.25, 0.3) is 12.0 Å². The van der Waals surface area contributed by atoms with E-state index in [0.29, 0.717) is 28.6 Å². The number of benzene rings is 2. The van der Waals surface area contributed by atoms with Crippen LogP contribution in [-0.2, 0) is 17.4 Å². The van der Waals surface area contributed by atoms with E-state index in [2.05, 4.69) is 47.6 Å². The summed E-state index contributed by atoms with van der Waals surface area (Å²) >= 11 is 0. The van der Waals surface area contributed by atoms with Gasteiger partial charge in [-0.2, -0.15) is 0 Å². The van der Waals surface area contributed by atoms with Crippen molar-refractivity contribution in [2.75, 3.05) is 19.4 Å². The Morgan fingerprint density at radius 3 is 2.19 bits per heavy atom. The van der Waals surface area contributed by atoms with Gasteiger partial charge in [0, 0.05) is 50.4 Å². The summed E-state index contributed by atoms with van der Waals surface area (Å²) < 4.78 is 57.0. The zero-order valence-corrected chi connectivity index (χ0v) is 28.0. The molecule has 0 spiro atoms. The Balaban J connectivity index is 0.000000863. The summed E-state index contributed by atoms with van der Waals surface area (Å²) in [5.74, 6) is -1.29. The first kappa shape index (κ1) is 38.3. The van der Waals surface area contributed by atoms with Crippen molar-refractivity contribution in [1.29, 1.82) is 0 Å². The van der Waals surface area contributed by atoms with Crippen LogP contribution in [0.3, 0.4) is 0 Å². The molecule has 4 aromatic rings. The number of rotatable bonds is 9. The van der Waals surface area contributed by atoms with Gasteiger partial charge in [-0.05, 0) is 73.8 Å². The maximum absolute atomic E-state index is 14.8. The Kier molecular flexibility index (Phi) is 14.0. The Morgan fingerprint density at radius 1 is 1.06 bits per heavy atom. The maximum atomic E-state index is 14.8. The van der Waals surface area contributed by atoms with Crippen LogP contribution in [0.4, 0.5) is 23.2 Å². The number of aliphatic imine (C=N–C) groups is 1. The quantitative estimate of drug-likeness (QED) is 0.112. The molecule has 0 unspecified atom stereocenters. The molecule has 1 N–H and O–H groups in total. The van der Waals surface area contributed by atoms with Crippen LogP contribution in [0.2, 0.25) is 0 Å². The minimum absolute atomic E-state index is 0.0256. The molecule has 0 aliphatic rings. The molecule has 252 valence electrons. The number of anilines is 1. The number of hydrogen-bond donors (Lipinski definition) is 1. The fourth-order valence-corrected chi connectivity index (χ4v) is 4.51. The monoisotopic (exact) mass is 654 g/mol. The summed E-state index contributed by atoms with van der Waals surface area (Å²) in [6, 6.07) is 6.99. The van der Waals surface area contributed by atoms with Crippen LogP contribution in [0.25, 0.3) is 27.7 Å². The van der Waals surface area contributed by atoms with Gasteiger partial charge in [-0.25, -0.2) is 27.5 Å². The van der Waals surface area contributed by atoms with E-state index in [-0.39, 0.29) is 22.6 Å². The highest BCUT2D eigenvalue weighted by molar-refractivity contribution is 5.89. The van der Waals surface area contributed by atoms with E-state index in [1.54, 1.807) is 27.0 Å². The van der Waals surface area contributed by atoms with Crippen LogP contribution in [0.15, 0.2) is 65.2 Å². The molecule has 0 saturated carbocycles. The molecular weight excluding hydrogens is 612 g/mol. The molecule has 2 aromatic carbocycles. The van der Waals surface area contributed by atoms with Crippen LogP contribution < -0.4 is 10.9 Å². The highest BCUT2D eigenvalue weighted by Crippen LogP contribution is 2.36. The van der Waals surface area contributed by atoms with Crippen LogP contribution in [0.1, 0.15) is 70.8 Å². The first-order chi connectivity index (χ1) is 22.2. The van der Waals surface area contributed by atoms with E-state index >= 15 is 0 Å². The van der Waals surface area contributed by atoms with Gasteiger partial charge >= 0.3 is 0 Å². The van der Waals surface area contributed by atoms with Crippen LogP contribution in [0.5, 0.6) is 0 Å². The molecule has 12 heteroatoms. The van der Waals surface area contributed by atoms with Gasteiger partial charge in [-0.15, -0.1) is 0 Å². The van der Waals surface area contributed by atoms with Crippen molar-refractivity contribution in [2.45, 2.75) is 59.4 Å². The Hall–Kier alpha value is -4.87. The van der Waals surface area contributed by atoms with Gasteiger partial charge in [0.15, 0.2) is 5.82 Å². The number of pyridine rings is 1. The molecule has 0 atom stereocenters. The maximum Gasteiger partial charge on any atom is 0.265 e. The van der Waals surface area contributed by atoms with Crippen molar-refractivity contribution in [3.63, 3.8) is 0 Å². The van der Waals surface area contributed by atoms with Crippen LogP contribution >= 0.6 is 0 Å². The zero-order chi connectivity index (χ0) is 35.5. The zero-order valence-electron chi connectivity index (χ0n) is 28.0. The lowest BCUT2D eigenvalue weighted by molar-refractivity contribution is -0.114. The summed E-state index contributed by atoms with van der Waals surface area (Å²) in [7, 11) is 4.81. The summed E-state index contributed by atoms with van der Waals surface area (Å²) in [6.07, 6.45) is 4.72. The molecule has 0 bridgehead atoms. The second kappa shape index (κ2) is 17.2. The third-order valence-electron chi connectivity index (χ3n) is 6.85. The average Bonchev–Trinajstić information content (AvgIpc) is 3.03. The number of fused-ring (bicyclic) bond motifs is 1. The number of amides is 1. The number of nitrogens with zero attached hydrogens (tertiary/aromatic N) is 5. The lowest BCUT2D eigenvalue weighted by Crippen LogP contribution is -2.30. The first-order valence-electron chi connectivity index (χ1n) is 15.0. The van der Waals surface area contributed by atoms with Gasteiger partial charge in [-0.1, -0.05) is 33.8 Å². The van der Waals surface area contributed by atoms with Crippen molar-refractivity contribution in [3.05, 3.63) is 94.3 Å². The normalized spacial score (nSPS) is 11.1. The van der Waals surface area contributed by atoms with E-state index in [9.17, 15) is 27.2 Å². The summed E-state index contributed by atoms with van der Waals surface area (Å²) in [4.78, 5) is 37.8. The topological polar surface area (TPSA) is 92.5 Å². The first-order valence-corrected chi connectivity index (χ1v) is 15.0. The lowest BCUT2D eigenvalue weighted by Gasteiger charge is -2.31. The highest BCUT2D eigenvalue weighted by Gasteiger charge is 2.28. The molecular formula is C35H42F4N6O2. The standard InChI is InChI=1S/C28H25F4N5O2.C4H9N.C3H8/c1-15(36(4)14-38)26-33-12-16(13-34-26)24-11-19-20(27(39)37(24)5)9-18(30)10-22(19)28(2,3)35-23-7-6-17(29)8-21(23)25(31)32;1-3-4-5-2;1-3-2/h6-14,25,35H,1H2,2-5H3;4H,3H2,1-2H3;3H2,1-2H3. The minimum Gasteiger partial charge on any atom is -0.376 e. The van der Waals surface area contributed by atoms with E-state index < -0.39 is 34.7 Å². The van der Waals surface area contributed by atoms with Crippen molar-refractivity contribution in [3.8, 4) is 11.3 Å². The number of hydrogen-bond acceptors (Lipinski definition) is 6. The minimum atomic E-state index is -2.95. The molecule has 0 aliphatic carbocycles. The predicted octanol–water partition coefficient (Wildman–Crippen LogP) is 8.13.